The number of ketones is 1. The summed E-state index contributed by atoms with van der Waals surface area (Å²) in [5, 5.41) is 15.4. The summed E-state index contributed by atoms with van der Waals surface area (Å²) in [5.74, 6) is 1.49. The Morgan fingerprint density at radius 3 is 2.76 bits per heavy atom. The number of ether oxygens (including phenoxy) is 2. The molecule has 2 amide bonds. The number of aliphatic hydroxyl groups is 1. The second kappa shape index (κ2) is 9.95. The van der Waals surface area contributed by atoms with E-state index in [1.165, 1.54) is 17.7 Å². The molecule has 1 saturated heterocycles. The van der Waals surface area contributed by atoms with Crippen molar-refractivity contribution in [2.75, 3.05) is 40.3 Å². The first kappa shape index (κ1) is 28.4. The molecule has 0 aromatic heterocycles. The summed E-state index contributed by atoms with van der Waals surface area (Å²) >= 11 is 0. The van der Waals surface area contributed by atoms with Crippen LogP contribution in [0.15, 0.2) is 12.1 Å². The number of hydrogen-bond acceptors (Lipinski definition) is 7. The van der Waals surface area contributed by atoms with Crippen LogP contribution in [-0.4, -0.2) is 96.3 Å². The molecule has 3 fully saturated rings. The van der Waals surface area contributed by atoms with Crippen molar-refractivity contribution in [1.82, 2.24) is 10.2 Å². The lowest BCUT2D eigenvalue weighted by Crippen LogP contribution is -2.80. The van der Waals surface area contributed by atoms with E-state index in [0.717, 1.165) is 34.6 Å². The number of benzene rings is 1. The smallest absolute Gasteiger partial charge is 0.415 e. The van der Waals surface area contributed by atoms with Gasteiger partial charge in [-0.15, -0.1) is 0 Å². The molecule has 10 heteroatoms. The number of carbonyl (C=O) groups is 3. The van der Waals surface area contributed by atoms with Gasteiger partial charge in [-0.3, -0.25) is 9.59 Å². The number of piperidine rings is 1. The highest BCUT2D eigenvalue weighted by atomic mass is 16.6. The van der Waals surface area contributed by atoms with Crippen molar-refractivity contribution in [3.63, 3.8) is 0 Å². The predicted molar refractivity (Wildman–Crippen MR) is 152 cm³/mol. The van der Waals surface area contributed by atoms with Crippen LogP contribution < -0.4 is 20.5 Å². The zero-order valence-corrected chi connectivity index (χ0v) is 24.8. The number of carbonyl (C=O) groups excluding carboxylic acids is 3. The van der Waals surface area contributed by atoms with Crippen molar-refractivity contribution in [2.45, 2.75) is 88.0 Å². The first-order chi connectivity index (χ1) is 19.4. The highest BCUT2D eigenvalue weighted by Gasteiger charge is 2.76. The topological polar surface area (TPSA) is 131 Å². The number of Topliss-reactive ketones (excluding diaryl/α,β-unsaturated/α-hetero) is 1. The van der Waals surface area contributed by atoms with Crippen molar-refractivity contribution in [1.29, 1.82) is 0 Å². The van der Waals surface area contributed by atoms with Gasteiger partial charge < -0.3 is 35.0 Å². The van der Waals surface area contributed by atoms with Crippen LogP contribution in [0.5, 0.6) is 11.5 Å². The maximum Gasteiger partial charge on any atom is 0.415 e. The van der Waals surface area contributed by atoms with Crippen molar-refractivity contribution < 1.29 is 33.4 Å². The number of amides is 2. The van der Waals surface area contributed by atoms with Gasteiger partial charge in [0, 0.05) is 50.9 Å². The summed E-state index contributed by atoms with van der Waals surface area (Å²) in [6, 6.07) is 3.16. The molecule has 0 radical (unpaired) electrons. The van der Waals surface area contributed by atoms with Gasteiger partial charge in [-0.2, -0.15) is 0 Å². The van der Waals surface area contributed by atoms with Crippen molar-refractivity contribution in [2.24, 2.45) is 17.6 Å². The average Bonchev–Trinajstić information content (AvgIpc) is 3.64. The number of likely N-dealkylation sites (N-methyl/N-ethyl adjacent to an activating group) is 2. The second-order valence-corrected chi connectivity index (χ2v) is 13.9. The quantitative estimate of drug-likeness (QED) is 0.387. The molecule has 41 heavy (non-hydrogen) atoms. The normalized spacial score (nSPS) is 33.6. The Bertz CT molecular complexity index is 1270. The molecule has 6 rings (SSSR count). The summed E-state index contributed by atoms with van der Waals surface area (Å²) in [7, 11) is 3.89. The first-order valence-corrected chi connectivity index (χ1v) is 15.3. The van der Waals surface area contributed by atoms with E-state index >= 15 is 0 Å². The fourth-order valence-electron chi connectivity index (χ4n) is 8.36. The van der Waals surface area contributed by atoms with Gasteiger partial charge in [0.05, 0.1) is 31.6 Å². The van der Waals surface area contributed by atoms with Gasteiger partial charge in [0.2, 0.25) is 5.91 Å². The van der Waals surface area contributed by atoms with Crippen LogP contribution in [0, 0.1) is 11.8 Å². The third-order valence-corrected chi connectivity index (χ3v) is 10.6. The average molecular weight is 570 g/mol. The highest BCUT2D eigenvalue weighted by molar-refractivity contribution is 5.90. The number of nitrogens with zero attached hydrogens (tertiary/aromatic N) is 2. The fraction of sp³-hybridized carbons (Fsp3) is 0.710. The number of rotatable bonds is 9. The van der Waals surface area contributed by atoms with Crippen LogP contribution in [0.4, 0.5) is 4.79 Å². The predicted octanol–water partition coefficient (Wildman–Crippen LogP) is 1.88. The third-order valence-electron chi connectivity index (χ3n) is 10.6. The van der Waals surface area contributed by atoms with Gasteiger partial charge in [-0.05, 0) is 43.2 Å². The molecule has 1 unspecified atom stereocenters. The molecule has 1 aromatic carbocycles. The number of nitrogens with one attached hydrogen (secondary N) is 1. The Morgan fingerprint density at radius 2 is 2.05 bits per heavy atom. The number of likely N-dealkylation sites (tertiary alicyclic amines) is 1. The maximum atomic E-state index is 13.3. The Morgan fingerprint density at radius 1 is 1.29 bits per heavy atom. The van der Waals surface area contributed by atoms with Crippen LogP contribution >= 0.6 is 0 Å². The van der Waals surface area contributed by atoms with Gasteiger partial charge in [-0.25, -0.2) is 4.79 Å². The van der Waals surface area contributed by atoms with Gasteiger partial charge in [0.25, 0.3) is 0 Å². The molecule has 2 heterocycles. The van der Waals surface area contributed by atoms with Crippen molar-refractivity contribution >= 4 is 17.8 Å². The van der Waals surface area contributed by atoms with Gasteiger partial charge in [0.15, 0.2) is 23.4 Å². The van der Waals surface area contributed by atoms with E-state index in [1.807, 2.05) is 19.9 Å². The molecule has 10 nitrogen and oxygen atoms in total. The molecular weight excluding hydrogens is 524 g/mol. The molecule has 2 aliphatic heterocycles. The highest BCUT2D eigenvalue weighted by Crippen LogP contribution is 2.66. The van der Waals surface area contributed by atoms with Crippen LogP contribution in [0.25, 0.3) is 0 Å². The van der Waals surface area contributed by atoms with Crippen LogP contribution in [0.1, 0.15) is 63.5 Å². The van der Waals surface area contributed by atoms with Gasteiger partial charge in [0.1, 0.15) is 11.6 Å². The number of quaternary nitrogens is 1. The third kappa shape index (κ3) is 4.44. The lowest BCUT2D eigenvalue weighted by Gasteiger charge is -2.64. The molecule has 1 spiro atoms. The minimum absolute atomic E-state index is 0.00194. The largest absolute Gasteiger partial charge is 0.477 e. The van der Waals surface area contributed by atoms with Crippen LogP contribution in [-0.2, 0) is 21.4 Å². The molecule has 6 atom stereocenters. The number of hydrogen-bond donors (Lipinski definition) is 3. The molecule has 1 aromatic rings. The molecule has 5 aliphatic rings. The summed E-state index contributed by atoms with van der Waals surface area (Å²) < 4.78 is 13.1. The Hall–Kier alpha value is -2.69. The van der Waals surface area contributed by atoms with Crippen LogP contribution in [0.2, 0.25) is 0 Å². The minimum Gasteiger partial charge on any atom is -0.477 e. The lowest BCUT2D eigenvalue weighted by atomic mass is 9.48. The summed E-state index contributed by atoms with van der Waals surface area (Å²) in [6.45, 7) is 6.46. The second-order valence-electron chi connectivity index (χ2n) is 13.9. The first-order valence-electron chi connectivity index (χ1n) is 15.3. The zero-order chi connectivity index (χ0) is 29.3. The SMILES string of the molecule is CC(C)C[C@H](N)C(=O)NCCN(C)C(=O)Oc1ccc2c3c1O[C@H]1C(=O)CC[C@@]4(O)C(C2)[N@+](C)(CC2CC2)CC[C@]314. The van der Waals surface area contributed by atoms with E-state index in [0.29, 0.717) is 37.4 Å². The van der Waals surface area contributed by atoms with Crippen molar-refractivity contribution in [3.05, 3.63) is 23.3 Å². The van der Waals surface area contributed by atoms with Gasteiger partial charge >= 0.3 is 6.09 Å². The standard InChI is InChI=1S/C31H44N4O6/c1-18(2)15-21(32)28(37)33-12-13-34(3)29(38)40-23-8-7-20-16-24-31(39)10-9-22(36)27-30(31,25(20)26(23)41-27)11-14-35(24,4)17-19-5-6-19/h7-8,18-19,21,24,27,39H,5-6,9-17,32H2,1-4H3/p+1/t21-,24?,27-,30-,31+,35-/m0/s1. The van der Waals surface area contributed by atoms with Gasteiger partial charge in [-0.1, -0.05) is 19.9 Å². The summed E-state index contributed by atoms with van der Waals surface area (Å²) in [4.78, 5) is 40.0. The van der Waals surface area contributed by atoms with E-state index in [4.69, 9.17) is 15.2 Å². The molecule has 2 bridgehead atoms. The number of nitrogens with two attached hydrogens (primary N) is 1. The molecule has 2 saturated carbocycles. The molecule has 4 N–H and O–H groups in total. The van der Waals surface area contributed by atoms with E-state index in [-0.39, 0.29) is 43.0 Å². The molecular formula is C31H45N4O6+. The van der Waals surface area contributed by atoms with E-state index in [1.54, 1.807) is 13.1 Å². The monoisotopic (exact) mass is 569 g/mol. The van der Waals surface area contributed by atoms with Crippen molar-refractivity contribution in [3.8, 4) is 11.5 Å². The van der Waals surface area contributed by atoms with E-state index < -0.39 is 29.3 Å². The molecule has 224 valence electrons. The summed E-state index contributed by atoms with van der Waals surface area (Å²) in [5.41, 5.74) is 6.02. The fourth-order valence-corrected chi connectivity index (χ4v) is 8.36. The summed E-state index contributed by atoms with van der Waals surface area (Å²) in [6.07, 6.45) is 3.85. The maximum absolute atomic E-state index is 13.3. The molecule has 3 aliphatic carbocycles. The zero-order valence-electron chi connectivity index (χ0n) is 24.8. The lowest BCUT2D eigenvalue weighted by molar-refractivity contribution is -0.950. The Kier molecular flexibility index (Phi) is 6.90. The van der Waals surface area contributed by atoms with E-state index in [2.05, 4.69) is 12.4 Å². The minimum atomic E-state index is -1.06. The van der Waals surface area contributed by atoms with Crippen LogP contribution in [0.3, 0.4) is 0 Å². The Balaban J connectivity index is 1.22. The van der Waals surface area contributed by atoms with E-state index in [9.17, 15) is 19.5 Å². The Labute approximate surface area is 242 Å².